The van der Waals surface area contributed by atoms with Crippen molar-refractivity contribution in [3.05, 3.63) is 12.2 Å². The molecule has 1 heterocycles. The fraction of sp³-hybridized carbons (Fsp3) is 0.444. The molecule has 5 N–H and O–H groups in total. The number of carbonyl (C=O) groups is 3. The SMILES string of the molecule is NC(=O)CN(CC(=O)O)C(=O)NCCc1ncn[nH]1. The van der Waals surface area contributed by atoms with E-state index in [4.69, 9.17) is 10.8 Å². The third-order valence-electron chi connectivity index (χ3n) is 2.06. The van der Waals surface area contributed by atoms with Crippen LogP contribution < -0.4 is 11.1 Å². The van der Waals surface area contributed by atoms with Gasteiger partial charge in [-0.1, -0.05) is 0 Å². The Morgan fingerprint density at radius 3 is 2.68 bits per heavy atom. The van der Waals surface area contributed by atoms with Crippen molar-refractivity contribution in [3.8, 4) is 0 Å². The number of nitrogens with one attached hydrogen (secondary N) is 2. The summed E-state index contributed by atoms with van der Waals surface area (Å²) in [6.07, 6.45) is 1.74. The number of carbonyl (C=O) groups excluding carboxylic acids is 2. The third-order valence-corrected chi connectivity index (χ3v) is 2.06. The van der Waals surface area contributed by atoms with Gasteiger partial charge in [-0.25, -0.2) is 9.78 Å². The number of nitrogens with two attached hydrogens (primary N) is 1. The van der Waals surface area contributed by atoms with Crippen molar-refractivity contribution in [2.24, 2.45) is 5.73 Å². The van der Waals surface area contributed by atoms with Crippen LogP contribution in [0.15, 0.2) is 6.33 Å². The average molecular weight is 270 g/mol. The van der Waals surface area contributed by atoms with Crippen LogP contribution >= 0.6 is 0 Å². The van der Waals surface area contributed by atoms with Gasteiger partial charge in [0.15, 0.2) is 0 Å². The highest BCUT2D eigenvalue weighted by atomic mass is 16.4. The predicted octanol–water partition coefficient (Wildman–Crippen LogP) is -2.07. The van der Waals surface area contributed by atoms with Crippen LogP contribution in [0.3, 0.4) is 0 Å². The first-order valence-corrected chi connectivity index (χ1v) is 5.36. The van der Waals surface area contributed by atoms with Gasteiger partial charge in [0.1, 0.15) is 25.2 Å². The lowest BCUT2D eigenvalue weighted by Gasteiger charge is -2.19. The molecule has 0 spiro atoms. The standard InChI is InChI=1S/C9H14N6O4/c10-6(16)3-15(4-8(17)18)9(19)11-2-1-7-12-5-13-14-7/h5H,1-4H2,(H2,10,16)(H,11,19)(H,17,18)(H,12,13,14). The number of carboxylic acids is 1. The van der Waals surface area contributed by atoms with E-state index in [9.17, 15) is 14.4 Å². The molecule has 0 aliphatic heterocycles. The highest BCUT2D eigenvalue weighted by Gasteiger charge is 2.18. The number of rotatable bonds is 7. The summed E-state index contributed by atoms with van der Waals surface area (Å²) < 4.78 is 0. The molecule has 0 aliphatic carbocycles. The number of urea groups is 1. The minimum atomic E-state index is -1.23. The lowest BCUT2D eigenvalue weighted by atomic mass is 10.4. The van der Waals surface area contributed by atoms with E-state index in [0.717, 1.165) is 4.90 Å². The van der Waals surface area contributed by atoms with Crippen molar-refractivity contribution in [1.82, 2.24) is 25.4 Å². The molecule has 0 saturated carbocycles. The molecule has 0 fully saturated rings. The van der Waals surface area contributed by atoms with Gasteiger partial charge in [0, 0.05) is 13.0 Å². The second-order valence-electron chi connectivity index (χ2n) is 3.63. The number of aliphatic carboxylic acids is 1. The van der Waals surface area contributed by atoms with Crippen LogP contribution in [0.4, 0.5) is 4.79 Å². The lowest BCUT2D eigenvalue weighted by Crippen LogP contribution is -2.47. The van der Waals surface area contributed by atoms with Crippen LogP contribution in [0.2, 0.25) is 0 Å². The Labute approximate surface area is 108 Å². The third kappa shape index (κ3) is 5.48. The van der Waals surface area contributed by atoms with Gasteiger partial charge >= 0.3 is 12.0 Å². The number of primary amides is 1. The topological polar surface area (TPSA) is 154 Å². The van der Waals surface area contributed by atoms with Gasteiger partial charge in [-0.2, -0.15) is 5.10 Å². The van der Waals surface area contributed by atoms with Gasteiger partial charge in [-0.05, 0) is 0 Å². The van der Waals surface area contributed by atoms with E-state index in [-0.39, 0.29) is 6.54 Å². The molecule has 1 aromatic rings. The molecule has 10 heteroatoms. The molecule has 19 heavy (non-hydrogen) atoms. The molecule has 0 aromatic carbocycles. The molecule has 0 atom stereocenters. The summed E-state index contributed by atoms with van der Waals surface area (Å²) in [5.74, 6) is -1.43. The minimum absolute atomic E-state index is 0.225. The predicted molar refractivity (Wildman–Crippen MR) is 61.9 cm³/mol. The molecule has 0 unspecified atom stereocenters. The Kier molecular flexibility index (Phi) is 5.26. The molecule has 3 amide bonds. The zero-order valence-corrected chi connectivity index (χ0v) is 10.00. The molecule has 0 bridgehead atoms. The van der Waals surface area contributed by atoms with E-state index in [1.807, 2.05) is 0 Å². The quantitative estimate of drug-likeness (QED) is 0.446. The van der Waals surface area contributed by atoms with Crippen LogP contribution in [0, 0.1) is 0 Å². The van der Waals surface area contributed by atoms with E-state index in [2.05, 4.69) is 20.5 Å². The van der Waals surface area contributed by atoms with Gasteiger partial charge in [0.25, 0.3) is 0 Å². The molecular formula is C9H14N6O4. The normalized spacial score (nSPS) is 9.89. The first-order chi connectivity index (χ1) is 8.99. The van der Waals surface area contributed by atoms with E-state index < -0.39 is 31.0 Å². The molecule has 1 rings (SSSR count). The van der Waals surface area contributed by atoms with Crippen LogP contribution in [-0.2, 0) is 16.0 Å². The molecule has 1 aromatic heterocycles. The maximum atomic E-state index is 11.6. The Hall–Kier alpha value is -2.65. The number of hydrogen-bond donors (Lipinski definition) is 4. The molecule has 10 nitrogen and oxygen atoms in total. The molecule has 0 aliphatic rings. The van der Waals surface area contributed by atoms with Crippen molar-refractivity contribution >= 4 is 17.9 Å². The second kappa shape index (κ2) is 6.93. The van der Waals surface area contributed by atoms with E-state index >= 15 is 0 Å². The maximum Gasteiger partial charge on any atom is 0.323 e. The first kappa shape index (κ1) is 14.4. The molecular weight excluding hydrogens is 256 g/mol. The Morgan fingerprint density at radius 2 is 2.16 bits per heavy atom. The smallest absolute Gasteiger partial charge is 0.323 e. The summed E-state index contributed by atoms with van der Waals surface area (Å²) in [7, 11) is 0. The van der Waals surface area contributed by atoms with Crippen LogP contribution in [-0.4, -0.2) is 62.7 Å². The monoisotopic (exact) mass is 270 g/mol. The molecule has 0 radical (unpaired) electrons. The van der Waals surface area contributed by atoms with Crippen molar-refractivity contribution < 1.29 is 19.5 Å². The molecule has 0 saturated heterocycles. The number of hydrogen-bond acceptors (Lipinski definition) is 5. The van der Waals surface area contributed by atoms with Gasteiger partial charge < -0.3 is 21.1 Å². The van der Waals surface area contributed by atoms with Gasteiger partial charge in [-0.15, -0.1) is 0 Å². The number of nitrogens with zero attached hydrogens (tertiary/aromatic N) is 3. The Bertz CT molecular complexity index is 430. The highest BCUT2D eigenvalue weighted by Crippen LogP contribution is 1.91. The number of amides is 3. The summed E-state index contributed by atoms with van der Waals surface area (Å²) >= 11 is 0. The summed E-state index contributed by atoms with van der Waals surface area (Å²) in [6, 6.07) is -0.680. The summed E-state index contributed by atoms with van der Waals surface area (Å²) in [4.78, 5) is 37.6. The van der Waals surface area contributed by atoms with E-state index in [1.54, 1.807) is 0 Å². The van der Waals surface area contributed by atoms with Crippen LogP contribution in [0.1, 0.15) is 5.82 Å². The van der Waals surface area contributed by atoms with Crippen LogP contribution in [0.5, 0.6) is 0 Å². The van der Waals surface area contributed by atoms with Gasteiger partial charge in [-0.3, -0.25) is 14.7 Å². The molecule has 104 valence electrons. The first-order valence-electron chi connectivity index (χ1n) is 5.36. The van der Waals surface area contributed by atoms with Gasteiger partial charge in [0.2, 0.25) is 5.91 Å². The fourth-order valence-electron chi connectivity index (χ4n) is 1.30. The minimum Gasteiger partial charge on any atom is -0.480 e. The number of H-pyrrole nitrogens is 1. The number of aromatic amines is 1. The van der Waals surface area contributed by atoms with Crippen molar-refractivity contribution in [3.63, 3.8) is 0 Å². The number of aromatic nitrogens is 3. The Morgan fingerprint density at radius 1 is 1.42 bits per heavy atom. The van der Waals surface area contributed by atoms with Crippen LogP contribution in [0.25, 0.3) is 0 Å². The zero-order valence-electron chi connectivity index (χ0n) is 10.00. The summed E-state index contributed by atoms with van der Waals surface area (Å²) in [6.45, 7) is -0.833. The highest BCUT2D eigenvalue weighted by molar-refractivity contribution is 5.85. The summed E-state index contributed by atoms with van der Waals surface area (Å²) in [5.41, 5.74) is 4.94. The maximum absolute atomic E-state index is 11.6. The number of carboxylic acid groups (broad SMARTS) is 1. The zero-order chi connectivity index (χ0) is 14.3. The van der Waals surface area contributed by atoms with Gasteiger partial charge in [0.05, 0.1) is 0 Å². The summed E-state index contributed by atoms with van der Waals surface area (Å²) in [5, 5.41) is 17.3. The van der Waals surface area contributed by atoms with Crippen molar-refractivity contribution in [2.75, 3.05) is 19.6 Å². The largest absolute Gasteiger partial charge is 0.480 e. The fourth-order valence-corrected chi connectivity index (χ4v) is 1.30. The average Bonchev–Trinajstić information content (AvgIpc) is 2.79. The van der Waals surface area contributed by atoms with Crippen molar-refractivity contribution in [2.45, 2.75) is 6.42 Å². The van der Waals surface area contributed by atoms with E-state index in [0.29, 0.717) is 12.2 Å². The Balaban J connectivity index is 2.42. The van der Waals surface area contributed by atoms with Crippen molar-refractivity contribution in [1.29, 1.82) is 0 Å². The van der Waals surface area contributed by atoms with E-state index in [1.165, 1.54) is 6.33 Å². The lowest BCUT2D eigenvalue weighted by molar-refractivity contribution is -0.137. The second-order valence-corrected chi connectivity index (χ2v) is 3.63.